The van der Waals surface area contributed by atoms with Crippen LogP contribution in [0.1, 0.15) is 19.8 Å². The SMILES string of the molecule is CC(N)C1CCCN(c2ccccc2S(N)(=O)=O)C1. The van der Waals surface area contributed by atoms with Gasteiger partial charge in [0.15, 0.2) is 0 Å². The van der Waals surface area contributed by atoms with Gasteiger partial charge in [-0.2, -0.15) is 0 Å². The molecule has 5 nitrogen and oxygen atoms in total. The van der Waals surface area contributed by atoms with Crippen molar-refractivity contribution in [3.05, 3.63) is 24.3 Å². The van der Waals surface area contributed by atoms with Crippen LogP contribution in [0.25, 0.3) is 0 Å². The number of piperidine rings is 1. The topological polar surface area (TPSA) is 89.4 Å². The Morgan fingerprint density at radius 2 is 2.05 bits per heavy atom. The van der Waals surface area contributed by atoms with Gasteiger partial charge in [-0.05, 0) is 37.8 Å². The van der Waals surface area contributed by atoms with E-state index in [-0.39, 0.29) is 10.9 Å². The summed E-state index contributed by atoms with van der Waals surface area (Å²) in [5.74, 6) is 0.391. The summed E-state index contributed by atoms with van der Waals surface area (Å²) >= 11 is 0. The molecule has 1 heterocycles. The van der Waals surface area contributed by atoms with Gasteiger partial charge in [0.2, 0.25) is 10.0 Å². The zero-order valence-electron chi connectivity index (χ0n) is 11.1. The van der Waals surface area contributed by atoms with E-state index in [2.05, 4.69) is 4.90 Å². The van der Waals surface area contributed by atoms with Crippen LogP contribution in [0.15, 0.2) is 29.2 Å². The lowest BCUT2D eigenvalue weighted by atomic mass is 9.92. The monoisotopic (exact) mass is 283 g/mol. The number of hydrogen-bond donors (Lipinski definition) is 2. The Morgan fingerprint density at radius 3 is 2.68 bits per heavy atom. The Hall–Kier alpha value is -1.11. The molecule has 0 saturated carbocycles. The maximum Gasteiger partial charge on any atom is 0.240 e. The van der Waals surface area contributed by atoms with Crippen LogP contribution < -0.4 is 15.8 Å². The molecule has 2 rings (SSSR count). The molecule has 6 heteroatoms. The molecule has 19 heavy (non-hydrogen) atoms. The molecule has 0 bridgehead atoms. The molecule has 1 aromatic rings. The van der Waals surface area contributed by atoms with Gasteiger partial charge in [0.05, 0.1) is 5.69 Å². The highest BCUT2D eigenvalue weighted by Gasteiger charge is 2.26. The fraction of sp³-hybridized carbons (Fsp3) is 0.538. The predicted molar refractivity (Wildman–Crippen MR) is 76.4 cm³/mol. The first-order valence-electron chi connectivity index (χ1n) is 6.52. The predicted octanol–water partition coefficient (Wildman–Crippen LogP) is 0.898. The lowest BCUT2D eigenvalue weighted by Crippen LogP contribution is -2.43. The molecule has 0 spiro atoms. The third-order valence-electron chi connectivity index (χ3n) is 3.71. The van der Waals surface area contributed by atoms with Crippen LogP contribution in [-0.2, 0) is 10.0 Å². The van der Waals surface area contributed by atoms with Crippen molar-refractivity contribution in [1.82, 2.24) is 0 Å². The standard InChI is InChI=1S/C13H21N3O2S/c1-10(14)11-5-4-8-16(9-11)12-6-2-3-7-13(12)19(15,17)18/h2-3,6-7,10-11H,4-5,8-9,14H2,1H3,(H2,15,17,18). The van der Waals surface area contributed by atoms with Gasteiger partial charge in [-0.15, -0.1) is 0 Å². The van der Waals surface area contributed by atoms with Crippen LogP contribution in [0, 0.1) is 5.92 Å². The van der Waals surface area contributed by atoms with Crippen molar-refractivity contribution in [3.8, 4) is 0 Å². The van der Waals surface area contributed by atoms with E-state index in [9.17, 15) is 8.42 Å². The molecule has 0 amide bonds. The molecule has 1 saturated heterocycles. The van der Waals surface area contributed by atoms with E-state index in [0.29, 0.717) is 11.6 Å². The van der Waals surface area contributed by atoms with Crippen LogP contribution >= 0.6 is 0 Å². The van der Waals surface area contributed by atoms with Crippen LogP contribution in [0.3, 0.4) is 0 Å². The van der Waals surface area contributed by atoms with Crippen LogP contribution in [0.4, 0.5) is 5.69 Å². The minimum absolute atomic E-state index is 0.115. The first kappa shape index (κ1) is 14.3. The van der Waals surface area contributed by atoms with E-state index >= 15 is 0 Å². The molecular formula is C13H21N3O2S. The smallest absolute Gasteiger partial charge is 0.240 e. The third kappa shape index (κ3) is 3.26. The van der Waals surface area contributed by atoms with E-state index in [4.69, 9.17) is 10.9 Å². The summed E-state index contributed by atoms with van der Waals surface area (Å²) in [6.45, 7) is 3.62. The van der Waals surface area contributed by atoms with Crippen molar-refractivity contribution in [2.24, 2.45) is 16.8 Å². The molecule has 2 unspecified atom stereocenters. The molecule has 1 aromatic carbocycles. The van der Waals surface area contributed by atoms with E-state index in [0.717, 1.165) is 25.9 Å². The highest BCUT2D eigenvalue weighted by Crippen LogP contribution is 2.29. The first-order chi connectivity index (χ1) is 8.89. The molecular weight excluding hydrogens is 262 g/mol. The lowest BCUT2D eigenvalue weighted by molar-refractivity contribution is 0.363. The molecule has 1 aliphatic rings. The average molecular weight is 283 g/mol. The summed E-state index contributed by atoms with van der Waals surface area (Å²) in [6.07, 6.45) is 2.11. The first-order valence-corrected chi connectivity index (χ1v) is 8.06. The van der Waals surface area contributed by atoms with Gasteiger partial charge in [0, 0.05) is 19.1 Å². The Balaban J connectivity index is 2.32. The average Bonchev–Trinajstić information content (AvgIpc) is 2.38. The summed E-state index contributed by atoms with van der Waals surface area (Å²) in [5, 5.41) is 5.28. The molecule has 0 radical (unpaired) electrons. The largest absolute Gasteiger partial charge is 0.370 e. The summed E-state index contributed by atoms with van der Waals surface area (Å²) in [6, 6.07) is 7.00. The number of para-hydroxylation sites is 1. The molecule has 1 fully saturated rings. The number of primary sulfonamides is 1. The fourth-order valence-corrected chi connectivity index (χ4v) is 3.37. The Labute approximate surface area is 114 Å². The number of rotatable bonds is 3. The maximum atomic E-state index is 11.6. The number of hydrogen-bond acceptors (Lipinski definition) is 4. The van der Waals surface area contributed by atoms with Gasteiger partial charge in [-0.1, -0.05) is 12.1 Å². The van der Waals surface area contributed by atoms with Crippen molar-refractivity contribution in [2.75, 3.05) is 18.0 Å². The Bertz CT molecular complexity index is 543. The van der Waals surface area contributed by atoms with Crippen LogP contribution in [0.5, 0.6) is 0 Å². The number of nitrogens with two attached hydrogens (primary N) is 2. The zero-order chi connectivity index (χ0) is 14.0. The Kier molecular flexibility index (Phi) is 4.13. The number of nitrogens with zero attached hydrogens (tertiary/aromatic N) is 1. The van der Waals surface area contributed by atoms with Gasteiger partial charge in [-0.3, -0.25) is 0 Å². The van der Waals surface area contributed by atoms with Crippen LogP contribution in [-0.4, -0.2) is 27.5 Å². The fourth-order valence-electron chi connectivity index (χ4n) is 2.62. The lowest BCUT2D eigenvalue weighted by Gasteiger charge is -2.36. The molecule has 106 valence electrons. The number of benzene rings is 1. The second kappa shape index (κ2) is 5.48. The van der Waals surface area contributed by atoms with E-state index in [1.807, 2.05) is 19.1 Å². The van der Waals surface area contributed by atoms with Crippen molar-refractivity contribution in [2.45, 2.75) is 30.7 Å². The maximum absolute atomic E-state index is 11.6. The second-order valence-electron chi connectivity index (χ2n) is 5.22. The highest BCUT2D eigenvalue weighted by atomic mass is 32.2. The zero-order valence-corrected chi connectivity index (χ0v) is 11.9. The summed E-state index contributed by atoms with van der Waals surface area (Å²) in [7, 11) is -3.69. The summed E-state index contributed by atoms with van der Waals surface area (Å²) in [4.78, 5) is 2.28. The Morgan fingerprint density at radius 1 is 1.37 bits per heavy atom. The minimum atomic E-state index is -3.69. The summed E-state index contributed by atoms with van der Waals surface area (Å²) in [5.41, 5.74) is 6.65. The second-order valence-corrected chi connectivity index (χ2v) is 6.75. The molecule has 4 N–H and O–H groups in total. The van der Waals surface area contributed by atoms with Crippen molar-refractivity contribution in [3.63, 3.8) is 0 Å². The van der Waals surface area contributed by atoms with Gasteiger partial charge in [0.1, 0.15) is 4.90 Å². The molecule has 0 aliphatic carbocycles. The van der Waals surface area contributed by atoms with Gasteiger partial charge in [-0.25, -0.2) is 13.6 Å². The van der Waals surface area contributed by atoms with E-state index in [1.165, 1.54) is 0 Å². The number of sulfonamides is 1. The van der Waals surface area contributed by atoms with Crippen LogP contribution in [0.2, 0.25) is 0 Å². The quantitative estimate of drug-likeness (QED) is 0.862. The van der Waals surface area contributed by atoms with E-state index in [1.54, 1.807) is 12.1 Å². The van der Waals surface area contributed by atoms with Crippen molar-refractivity contribution >= 4 is 15.7 Å². The third-order valence-corrected chi connectivity index (χ3v) is 4.67. The van der Waals surface area contributed by atoms with Gasteiger partial charge >= 0.3 is 0 Å². The number of anilines is 1. The highest BCUT2D eigenvalue weighted by molar-refractivity contribution is 7.89. The molecule has 2 atom stereocenters. The van der Waals surface area contributed by atoms with Gasteiger partial charge in [0.25, 0.3) is 0 Å². The van der Waals surface area contributed by atoms with E-state index < -0.39 is 10.0 Å². The minimum Gasteiger partial charge on any atom is -0.370 e. The normalized spacial score (nSPS) is 22.3. The van der Waals surface area contributed by atoms with Crippen molar-refractivity contribution < 1.29 is 8.42 Å². The molecule has 1 aliphatic heterocycles. The van der Waals surface area contributed by atoms with Crippen molar-refractivity contribution in [1.29, 1.82) is 0 Å². The molecule has 0 aromatic heterocycles. The van der Waals surface area contributed by atoms with Gasteiger partial charge < -0.3 is 10.6 Å². The summed E-state index contributed by atoms with van der Waals surface area (Å²) < 4.78 is 23.3.